The minimum atomic E-state index is -3.56. The van der Waals surface area contributed by atoms with Crippen LogP contribution in [0, 0.1) is 6.92 Å². The van der Waals surface area contributed by atoms with Crippen molar-refractivity contribution in [2.75, 3.05) is 18.0 Å². The normalized spacial score (nSPS) is 15.4. The fourth-order valence-corrected chi connectivity index (χ4v) is 3.50. The van der Waals surface area contributed by atoms with Crippen LogP contribution < -0.4 is 9.62 Å². The Kier molecular flexibility index (Phi) is 4.17. The molecule has 0 radical (unpaired) electrons. The molecule has 6 nitrogen and oxygen atoms in total. The average molecular weight is 321 g/mol. The Balaban J connectivity index is 1.80. The van der Waals surface area contributed by atoms with Crippen molar-refractivity contribution in [1.29, 1.82) is 0 Å². The number of furan rings is 1. The molecule has 2 aromatic rings. The molecule has 1 fully saturated rings. The van der Waals surface area contributed by atoms with Gasteiger partial charge in [0.05, 0.1) is 6.26 Å². The second-order valence-corrected chi connectivity index (χ2v) is 7.18. The fourth-order valence-electron chi connectivity index (χ4n) is 2.57. The van der Waals surface area contributed by atoms with Crippen molar-refractivity contribution in [2.24, 2.45) is 0 Å². The number of sulfonamides is 1. The molecule has 0 aliphatic carbocycles. The standard InChI is InChI=1S/C15H19N3O3S/c1-12-4-5-13(15(17-12)18-7-2-3-8-18)10-16-22(19,20)14-6-9-21-11-14/h4-6,9,11,16H,2-3,7-8,10H2,1H3. The van der Waals surface area contributed by atoms with Gasteiger partial charge in [-0.15, -0.1) is 0 Å². The monoisotopic (exact) mass is 321 g/mol. The second kappa shape index (κ2) is 6.10. The van der Waals surface area contributed by atoms with Crippen molar-refractivity contribution in [1.82, 2.24) is 9.71 Å². The fraction of sp³-hybridized carbons (Fsp3) is 0.400. The van der Waals surface area contributed by atoms with Crippen LogP contribution in [0.3, 0.4) is 0 Å². The zero-order valence-corrected chi connectivity index (χ0v) is 13.3. The quantitative estimate of drug-likeness (QED) is 0.912. The van der Waals surface area contributed by atoms with Gasteiger partial charge in [-0.2, -0.15) is 0 Å². The molecule has 1 saturated heterocycles. The van der Waals surface area contributed by atoms with Crippen molar-refractivity contribution < 1.29 is 12.8 Å². The van der Waals surface area contributed by atoms with Gasteiger partial charge in [0.15, 0.2) is 0 Å². The third-order valence-corrected chi connectivity index (χ3v) is 5.14. The van der Waals surface area contributed by atoms with Gasteiger partial charge in [0.25, 0.3) is 0 Å². The number of hydrogen-bond acceptors (Lipinski definition) is 5. The van der Waals surface area contributed by atoms with Crippen LogP contribution >= 0.6 is 0 Å². The number of anilines is 1. The number of rotatable bonds is 5. The molecule has 2 aromatic heterocycles. The van der Waals surface area contributed by atoms with E-state index in [2.05, 4.69) is 14.6 Å². The third kappa shape index (κ3) is 3.15. The zero-order chi connectivity index (χ0) is 15.6. The molecular formula is C15H19N3O3S. The molecular weight excluding hydrogens is 302 g/mol. The van der Waals surface area contributed by atoms with Crippen LogP contribution in [0.1, 0.15) is 24.1 Å². The Labute approximate surface area is 130 Å². The molecule has 1 aliphatic rings. The molecule has 118 valence electrons. The van der Waals surface area contributed by atoms with Crippen LogP contribution in [0.15, 0.2) is 40.0 Å². The predicted molar refractivity (Wildman–Crippen MR) is 83.2 cm³/mol. The van der Waals surface area contributed by atoms with E-state index in [1.165, 1.54) is 18.6 Å². The molecule has 0 bridgehead atoms. The van der Waals surface area contributed by atoms with Crippen LogP contribution in [-0.4, -0.2) is 26.5 Å². The molecule has 1 aliphatic heterocycles. The lowest BCUT2D eigenvalue weighted by molar-refractivity contribution is 0.553. The van der Waals surface area contributed by atoms with E-state index >= 15 is 0 Å². The molecule has 0 unspecified atom stereocenters. The first-order chi connectivity index (χ1) is 10.6. The van der Waals surface area contributed by atoms with E-state index in [0.29, 0.717) is 0 Å². The highest BCUT2D eigenvalue weighted by Gasteiger charge is 2.20. The van der Waals surface area contributed by atoms with Gasteiger partial charge < -0.3 is 9.32 Å². The van der Waals surface area contributed by atoms with E-state index < -0.39 is 10.0 Å². The molecule has 22 heavy (non-hydrogen) atoms. The lowest BCUT2D eigenvalue weighted by atomic mass is 10.2. The number of pyridine rings is 1. The van der Waals surface area contributed by atoms with Crippen LogP contribution in [0.25, 0.3) is 0 Å². The van der Waals surface area contributed by atoms with Crippen LogP contribution in [0.4, 0.5) is 5.82 Å². The van der Waals surface area contributed by atoms with Crippen LogP contribution in [0.2, 0.25) is 0 Å². The van der Waals surface area contributed by atoms with E-state index in [1.807, 2.05) is 19.1 Å². The topological polar surface area (TPSA) is 75.4 Å². The predicted octanol–water partition coefficient (Wildman–Crippen LogP) is 2.06. The summed E-state index contributed by atoms with van der Waals surface area (Å²) in [7, 11) is -3.56. The minimum Gasteiger partial charge on any atom is -0.471 e. The average Bonchev–Trinajstić information content (AvgIpc) is 3.19. The van der Waals surface area contributed by atoms with Gasteiger partial charge in [0.2, 0.25) is 10.0 Å². The van der Waals surface area contributed by atoms with Gasteiger partial charge in [-0.3, -0.25) is 0 Å². The molecule has 1 N–H and O–H groups in total. The van der Waals surface area contributed by atoms with Crippen LogP contribution in [-0.2, 0) is 16.6 Å². The number of nitrogens with one attached hydrogen (secondary N) is 1. The molecule has 0 atom stereocenters. The molecule has 0 spiro atoms. The summed E-state index contributed by atoms with van der Waals surface area (Å²) >= 11 is 0. The highest BCUT2D eigenvalue weighted by atomic mass is 32.2. The van der Waals surface area contributed by atoms with E-state index in [1.54, 1.807) is 0 Å². The number of nitrogens with zero attached hydrogens (tertiary/aromatic N) is 2. The van der Waals surface area contributed by atoms with Crippen LogP contribution in [0.5, 0.6) is 0 Å². The lowest BCUT2D eigenvalue weighted by Gasteiger charge is -2.20. The summed E-state index contributed by atoms with van der Waals surface area (Å²) in [4.78, 5) is 6.94. The lowest BCUT2D eigenvalue weighted by Crippen LogP contribution is -2.26. The Morgan fingerprint density at radius 3 is 2.73 bits per heavy atom. The van der Waals surface area contributed by atoms with Crippen molar-refractivity contribution >= 4 is 15.8 Å². The highest BCUT2D eigenvalue weighted by Crippen LogP contribution is 2.23. The summed E-state index contributed by atoms with van der Waals surface area (Å²) in [5.41, 5.74) is 1.82. The van der Waals surface area contributed by atoms with Crippen molar-refractivity contribution in [2.45, 2.75) is 31.2 Å². The van der Waals surface area contributed by atoms with Crippen molar-refractivity contribution in [3.63, 3.8) is 0 Å². The number of aromatic nitrogens is 1. The molecule has 0 aromatic carbocycles. The first-order valence-electron chi connectivity index (χ1n) is 7.29. The Morgan fingerprint density at radius 1 is 1.27 bits per heavy atom. The molecule has 7 heteroatoms. The third-order valence-electron chi connectivity index (χ3n) is 3.76. The van der Waals surface area contributed by atoms with E-state index in [4.69, 9.17) is 4.42 Å². The van der Waals surface area contributed by atoms with Gasteiger partial charge in [0, 0.05) is 30.9 Å². The van der Waals surface area contributed by atoms with E-state index in [-0.39, 0.29) is 11.4 Å². The number of aryl methyl sites for hydroxylation is 1. The summed E-state index contributed by atoms with van der Waals surface area (Å²) < 4.78 is 31.8. The van der Waals surface area contributed by atoms with Gasteiger partial charge in [-0.25, -0.2) is 18.1 Å². The molecule has 3 rings (SSSR count). The Hall–Kier alpha value is -1.86. The maximum Gasteiger partial charge on any atom is 0.244 e. The Bertz CT molecular complexity index is 735. The van der Waals surface area contributed by atoms with Gasteiger partial charge >= 0.3 is 0 Å². The summed E-state index contributed by atoms with van der Waals surface area (Å²) in [6, 6.07) is 5.27. The smallest absolute Gasteiger partial charge is 0.244 e. The van der Waals surface area contributed by atoms with Gasteiger partial charge in [-0.05, 0) is 31.9 Å². The zero-order valence-electron chi connectivity index (χ0n) is 12.4. The molecule has 0 saturated carbocycles. The first-order valence-corrected chi connectivity index (χ1v) is 8.78. The van der Waals surface area contributed by atoms with Crippen molar-refractivity contribution in [3.05, 3.63) is 42.0 Å². The summed E-state index contributed by atoms with van der Waals surface area (Å²) in [6.07, 6.45) is 4.86. The second-order valence-electron chi connectivity index (χ2n) is 5.41. The van der Waals surface area contributed by atoms with Crippen molar-refractivity contribution in [3.8, 4) is 0 Å². The largest absolute Gasteiger partial charge is 0.471 e. The summed E-state index contributed by atoms with van der Waals surface area (Å²) in [5.74, 6) is 0.882. The Morgan fingerprint density at radius 2 is 2.05 bits per heavy atom. The molecule has 3 heterocycles. The molecule has 0 amide bonds. The summed E-state index contributed by atoms with van der Waals surface area (Å²) in [5, 5.41) is 0. The SMILES string of the molecule is Cc1ccc(CNS(=O)(=O)c2ccoc2)c(N2CCCC2)n1. The van der Waals surface area contributed by atoms with E-state index in [0.717, 1.165) is 43.0 Å². The maximum atomic E-state index is 12.2. The highest BCUT2D eigenvalue weighted by molar-refractivity contribution is 7.89. The van der Waals surface area contributed by atoms with Gasteiger partial charge in [-0.1, -0.05) is 6.07 Å². The summed E-state index contributed by atoms with van der Waals surface area (Å²) in [6.45, 7) is 4.10. The maximum absolute atomic E-state index is 12.2. The van der Waals surface area contributed by atoms with E-state index in [9.17, 15) is 8.42 Å². The minimum absolute atomic E-state index is 0.135. The first kappa shape index (κ1) is 15.1. The van der Waals surface area contributed by atoms with Gasteiger partial charge in [0.1, 0.15) is 17.0 Å². The number of hydrogen-bond donors (Lipinski definition) is 1.